The largest absolute Gasteiger partial charge is 0.494 e. The number of nitrogens with zero attached hydrogens (tertiary/aromatic N) is 1. The van der Waals surface area contributed by atoms with Gasteiger partial charge in [0.2, 0.25) is 5.91 Å². The van der Waals surface area contributed by atoms with Gasteiger partial charge in [-0.2, -0.15) is 0 Å². The van der Waals surface area contributed by atoms with Crippen molar-refractivity contribution in [2.75, 3.05) is 31.6 Å². The first-order chi connectivity index (χ1) is 16.1. The van der Waals surface area contributed by atoms with Crippen molar-refractivity contribution in [1.29, 1.82) is 0 Å². The summed E-state index contributed by atoms with van der Waals surface area (Å²) in [5, 5.41) is 3.84. The van der Waals surface area contributed by atoms with Crippen LogP contribution in [0.3, 0.4) is 0 Å². The number of hydrogen-bond donors (Lipinski definition) is 1. The van der Waals surface area contributed by atoms with Gasteiger partial charge in [0.25, 0.3) is 0 Å². The monoisotopic (exact) mass is 468 g/mol. The molecule has 5 heteroatoms. The van der Waals surface area contributed by atoms with Crippen LogP contribution in [0, 0.1) is 5.92 Å². The summed E-state index contributed by atoms with van der Waals surface area (Å²) in [5.41, 5.74) is 1.19. The molecule has 2 aliphatic rings. The van der Waals surface area contributed by atoms with Gasteiger partial charge in [-0.25, -0.2) is 0 Å². The number of amides is 1. The predicted octanol–water partition coefficient (Wildman–Crippen LogP) is 6.68. The van der Waals surface area contributed by atoms with Gasteiger partial charge in [0.1, 0.15) is 5.75 Å². The predicted molar refractivity (Wildman–Crippen MR) is 136 cm³/mol. The number of benzene rings is 2. The Hall–Kier alpha value is -2.04. The van der Waals surface area contributed by atoms with Crippen LogP contribution >= 0.6 is 11.6 Å². The van der Waals surface area contributed by atoms with Crippen LogP contribution in [0.2, 0.25) is 5.02 Å². The highest BCUT2D eigenvalue weighted by Crippen LogP contribution is 2.43. The minimum absolute atomic E-state index is 0.0414. The first kappa shape index (κ1) is 24.1. The molecule has 2 fully saturated rings. The third-order valence-corrected chi connectivity index (χ3v) is 7.60. The zero-order chi connectivity index (χ0) is 23.1. The summed E-state index contributed by atoms with van der Waals surface area (Å²) in [6.07, 6.45) is 8.62. The van der Waals surface area contributed by atoms with E-state index in [4.69, 9.17) is 16.3 Å². The number of ether oxygens (including phenoxy) is 1. The fraction of sp³-hybridized carbons (Fsp3) is 0.536. The third-order valence-electron chi connectivity index (χ3n) is 7.27. The van der Waals surface area contributed by atoms with Crippen molar-refractivity contribution in [3.63, 3.8) is 0 Å². The zero-order valence-electron chi connectivity index (χ0n) is 19.8. The van der Waals surface area contributed by atoms with Gasteiger partial charge in [-0.05, 0) is 80.5 Å². The van der Waals surface area contributed by atoms with Crippen molar-refractivity contribution < 1.29 is 9.53 Å². The topological polar surface area (TPSA) is 41.6 Å². The molecule has 1 atom stereocenters. The molecule has 1 saturated carbocycles. The number of carbonyl (C=O) groups is 1. The Labute approximate surface area is 203 Å². The number of piperidine rings is 1. The van der Waals surface area contributed by atoms with Gasteiger partial charge in [-0.1, -0.05) is 56.0 Å². The summed E-state index contributed by atoms with van der Waals surface area (Å²) >= 11 is 6.53. The van der Waals surface area contributed by atoms with Crippen LogP contribution in [0.4, 0.5) is 5.69 Å². The van der Waals surface area contributed by atoms with Crippen LogP contribution < -0.4 is 10.1 Å². The van der Waals surface area contributed by atoms with Gasteiger partial charge in [-0.15, -0.1) is 0 Å². The third kappa shape index (κ3) is 6.10. The van der Waals surface area contributed by atoms with Gasteiger partial charge in [-0.3, -0.25) is 4.79 Å². The number of rotatable bonds is 8. The molecule has 1 saturated heterocycles. The van der Waals surface area contributed by atoms with Crippen LogP contribution in [0.5, 0.6) is 5.75 Å². The lowest BCUT2D eigenvalue weighted by Gasteiger charge is -2.37. The average molecular weight is 469 g/mol. The quantitative estimate of drug-likeness (QED) is 0.439. The molecule has 2 aromatic rings. The Kier molecular flexibility index (Phi) is 8.32. The van der Waals surface area contributed by atoms with Crippen molar-refractivity contribution in [3.05, 3.63) is 59.1 Å². The first-order valence-corrected chi connectivity index (χ1v) is 13.0. The summed E-state index contributed by atoms with van der Waals surface area (Å²) < 4.78 is 5.95. The zero-order valence-corrected chi connectivity index (χ0v) is 20.6. The lowest BCUT2D eigenvalue weighted by atomic mass is 9.68. The second-order valence-corrected chi connectivity index (χ2v) is 10.3. The van der Waals surface area contributed by atoms with E-state index in [1.54, 1.807) is 0 Å². The minimum atomic E-state index is -0.558. The maximum Gasteiger partial charge on any atom is 0.235 e. The molecule has 0 spiro atoms. The van der Waals surface area contributed by atoms with Gasteiger partial charge >= 0.3 is 0 Å². The summed E-state index contributed by atoms with van der Waals surface area (Å²) in [7, 11) is 0. The fourth-order valence-corrected chi connectivity index (χ4v) is 5.79. The second kappa shape index (κ2) is 11.4. The van der Waals surface area contributed by atoms with Crippen LogP contribution in [0.1, 0.15) is 63.9 Å². The Bertz CT molecular complexity index is 908. The molecule has 0 radical (unpaired) electrons. The van der Waals surface area contributed by atoms with E-state index in [0.29, 0.717) is 11.6 Å². The van der Waals surface area contributed by atoms with Crippen molar-refractivity contribution in [3.8, 4) is 5.75 Å². The van der Waals surface area contributed by atoms with Gasteiger partial charge in [0, 0.05) is 23.8 Å². The molecule has 1 amide bonds. The molecular formula is C28H37ClN2O2. The minimum Gasteiger partial charge on any atom is -0.494 e. The summed E-state index contributed by atoms with van der Waals surface area (Å²) in [5.74, 6) is 1.70. The molecule has 1 heterocycles. The molecule has 0 bridgehead atoms. The van der Waals surface area contributed by atoms with E-state index in [1.165, 1.54) is 32.4 Å². The summed E-state index contributed by atoms with van der Waals surface area (Å²) in [6, 6.07) is 15.6. The Morgan fingerprint density at radius 2 is 1.85 bits per heavy atom. The molecule has 0 aromatic heterocycles. The van der Waals surface area contributed by atoms with E-state index in [2.05, 4.69) is 17.1 Å². The molecule has 33 heavy (non-hydrogen) atoms. The van der Waals surface area contributed by atoms with E-state index in [-0.39, 0.29) is 5.91 Å². The Balaban J connectivity index is 1.32. The number of anilines is 1. The van der Waals surface area contributed by atoms with Gasteiger partial charge in [0.15, 0.2) is 0 Å². The molecule has 1 N–H and O–H groups in total. The highest BCUT2D eigenvalue weighted by molar-refractivity contribution is 6.31. The second-order valence-electron chi connectivity index (χ2n) is 9.85. The molecule has 4 rings (SSSR count). The number of nitrogens with one attached hydrogen (secondary N) is 1. The Morgan fingerprint density at radius 1 is 1.09 bits per heavy atom. The van der Waals surface area contributed by atoms with E-state index in [9.17, 15) is 4.79 Å². The highest BCUT2D eigenvalue weighted by Gasteiger charge is 2.42. The number of carbonyl (C=O) groups excluding carboxylic acids is 1. The first-order valence-electron chi connectivity index (χ1n) is 12.6. The lowest BCUT2D eigenvalue weighted by molar-refractivity contribution is -0.122. The normalized spacial score (nSPS) is 20.8. The van der Waals surface area contributed by atoms with E-state index < -0.39 is 5.41 Å². The molecule has 1 aliphatic heterocycles. The van der Waals surface area contributed by atoms with Crippen LogP contribution in [-0.2, 0) is 10.2 Å². The fourth-order valence-electron chi connectivity index (χ4n) is 5.48. The average Bonchev–Trinajstić information content (AvgIpc) is 2.83. The van der Waals surface area contributed by atoms with Gasteiger partial charge < -0.3 is 15.0 Å². The van der Waals surface area contributed by atoms with Crippen LogP contribution in [0.15, 0.2) is 48.5 Å². The van der Waals surface area contributed by atoms with Crippen LogP contribution in [-0.4, -0.2) is 37.0 Å². The smallest absolute Gasteiger partial charge is 0.235 e. The van der Waals surface area contributed by atoms with Crippen LogP contribution in [0.25, 0.3) is 0 Å². The standard InChI is InChI=1S/C28H37ClN2O2/c1-22-9-7-18-31(21-22)19-8-20-33-24-14-12-23(13-15-24)30-27(32)28(16-5-2-6-17-28)25-10-3-4-11-26(25)29/h3-4,10-15,22H,2,5-9,16-21H2,1H3,(H,30,32). The molecular weight excluding hydrogens is 432 g/mol. The number of hydrogen-bond acceptors (Lipinski definition) is 3. The molecule has 178 valence electrons. The maximum atomic E-state index is 13.5. The molecule has 4 nitrogen and oxygen atoms in total. The van der Waals surface area contributed by atoms with Gasteiger partial charge in [0.05, 0.1) is 12.0 Å². The highest BCUT2D eigenvalue weighted by atomic mass is 35.5. The molecule has 1 aliphatic carbocycles. The van der Waals surface area contributed by atoms with E-state index in [0.717, 1.165) is 61.6 Å². The molecule has 1 unspecified atom stereocenters. The van der Waals surface area contributed by atoms with Crippen molar-refractivity contribution in [2.24, 2.45) is 5.92 Å². The van der Waals surface area contributed by atoms with E-state index in [1.807, 2.05) is 48.5 Å². The summed E-state index contributed by atoms with van der Waals surface area (Å²) in [4.78, 5) is 16.1. The number of likely N-dealkylation sites (tertiary alicyclic amines) is 1. The van der Waals surface area contributed by atoms with E-state index >= 15 is 0 Å². The maximum absolute atomic E-state index is 13.5. The van der Waals surface area contributed by atoms with Crippen molar-refractivity contribution in [2.45, 2.75) is 63.7 Å². The van der Waals surface area contributed by atoms with Crippen molar-refractivity contribution in [1.82, 2.24) is 4.90 Å². The molecule has 2 aromatic carbocycles. The summed E-state index contributed by atoms with van der Waals surface area (Å²) in [6.45, 7) is 6.58. The Morgan fingerprint density at radius 3 is 2.58 bits per heavy atom. The number of halogens is 1. The SMILES string of the molecule is CC1CCCN(CCCOc2ccc(NC(=O)C3(c4ccccc4Cl)CCCCC3)cc2)C1. The lowest BCUT2D eigenvalue weighted by Crippen LogP contribution is -2.42. The van der Waals surface area contributed by atoms with Crippen molar-refractivity contribution >= 4 is 23.2 Å².